The topological polar surface area (TPSA) is 18.5 Å². The Labute approximate surface area is 102 Å². The third-order valence-corrected chi connectivity index (χ3v) is 2.68. The van der Waals surface area contributed by atoms with Crippen LogP contribution in [0.25, 0.3) is 0 Å². The van der Waals surface area contributed by atoms with Crippen LogP contribution >= 0.6 is 0 Å². The van der Waals surface area contributed by atoms with Crippen molar-refractivity contribution in [3.05, 3.63) is 0 Å². The molecule has 0 radical (unpaired) electrons. The van der Waals surface area contributed by atoms with Crippen molar-refractivity contribution in [1.82, 2.24) is 0 Å². The Morgan fingerprint density at radius 3 is 2.00 bits per heavy atom. The van der Waals surface area contributed by atoms with E-state index in [1.807, 2.05) is 6.92 Å². The Balaban J connectivity index is 3.47. The predicted molar refractivity (Wildman–Crippen MR) is 69.8 cm³/mol. The zero-order valence-corrected chi connectivity index (χ0v) is 12.0. The number of hydrogen-bond acceptors (Lipinski definition) is 2. The fraction of sp³-hybridized carbons (Fsp3) is 1.00. The summed E-state index contributed by atoms with van der Waals surface area (Å²) in [6.07, 6.45) is 4.04. The summed E-state index contributed by atoms with van der Waals surface area (Å²) in [7, 11) is 0. The number of hydrogen-bond donors (Lipinski definition) is 0. The Morgan fingerprint density at radius 2 is 1.50 bits per heavy atom. The van der Waals surface area contributed by atoms with E-state index in [0.717, 1.165) is 26.1 Å². The second kappa shape index (κ2) is 8.08. The molecule has 0 aliphatic carbocycles. The molecule has 0 bridgehead atoms. The highest BCUT2D eigenvalue weighted by Gasteiger charge is 2.12. The molecule has 16 heavy (non-hydrogen) atoms. The van der Waals surface area contributed by atoms with Gasteiger partial charge in [-0.15, -0.1) is 0 Å². The van der Waals surface area contributed by atoms with E-state index in [9.17, 15) is 0 Å². The molecule has 0 aromatic heterocycles. The molecule has 0 aliphatic rings. The van der Waals surface area contributed by atoms with Gasteiger partial charge >= 0.3 is 0 Å². The van der Waals surface area contributed by atoms with Gasteiger partial charge in [-0.05, 0) is 45.4 Å². The van der Waals surface area contributed by atoms with Gasteiger partial charge in [0.2, 0.25) is 0 Å². The highest BCUT2D eigenvalue weighted by Crippen LogP contribution is 2.22. The van der Waals surface area contributed by atoms with Crippen LogP contribution < -0.4 is 0 Å². The molecule has 0 heterocycles. The molecule has 0 rings (SSSR count). The first-order valence-corrected chi connectivity index (χ1v) is 6.58. The molecule has 98 valence electrons. The van der Waals surface area contributed by atoms with Gasteiger partial charge < -0.3 is 9.47 Å². The summed E-state index contributed by atoms with van der Waals surface area (Å²) in [6, 6.07) is 0. The normalized spacial score (nSPS) is 16.1. The van der Waals surface area contributed by atoms with Gasteiger partial charge in [0.15, 0.2) is 0 Å². The van der Waals surface area contributed by atoms with Crippen LogP contribution in [0.2, 0.25) is 0 Å². The molecule has 2 heteroatoms. The maximum Gasteiger partial charge on any atom is 0.0568 e. The fourth-order valence-corrected chi connectivity index (χ4v) is 1.52. The lowest BCUT2D eigenvalue weighted by Gasteiger charge is -2.21. The molecule has 0 spiro atoms. The van der Waals surface area contributed by atoms with Crippen LogP contribution in [0, 0.1) is 5.41 Å². The Hall–Kier alpha value is -0.0800. The maximum atomic E-state index is 5.77. The fourth-order valence-electron chi connectivity index (χ4n) is 1.52. The van der Waals surface area contributed by atoms with Gasteiger partial charge in [0.05, 0.1) is 12.2 Å². The van der Waals surface area contributed by atoms with Crippen molar-refractivity contribution in [2.24, 2.45) is 5.41 Å². The third-order valence-electron chi connectivity index (χ3n) is 2.68. The standard InChI is InChI=1S/C14H30O2/c1-7-15-13(3)9-11-16-12(2)8-10-14(4,5)6/h12-13H,7-11H2,1-6H3. The van der Waals surface area contributed by atoms with E-state index in [-0.39, 0.29) is 0 Å². The van der Waals surface area contributed by atoms with Crippen molar-refractivity contribution >= 4 is 0 Å². The molecule has 0 aromatic rings. The van der Waals surface area contributed by atoms with Crippen LogP contribution in [0.5, 0.6) is 0 Å². The quantitative estimate of drug-likeness (QED) is 0.626. The zero-order chi connectivity index (χ0) is 12.6. The summed E-state index contributed by atoms with van der Waals surface area (Å²) in [4.78, 5) is 0. The second-order valence-corrected chi connectivity index (χ2v) is 5.84. The Kier molecular flexibility index (Phi) is 8.04. The zero-order valence-electron chi connectivity index (χ0n) is 12.0. The minimum atomic E-state index is 0.319. The summed E-state index contributed by atoms with van der Waals surface area (Å²) in [5.41, 5.74) is 0.413. The van der Waals surface area contributed by atoms with Crippen molar-refractivity contribution in [3.8, 4) is 0 Å². The summed E-state index contributed by atoms with van der Waals surface area (Å²) in [6.45, 7) is 14.7. The predicted octanol–water partition coefficient (Wildman–Crippen LogP) is 4.03. The van der Waals surface area contributed by atoms with Crippen LogP contribution in [0.4, 0.5) is 0 Å². The van der Waals surface area contributed by atoms with Gasteiger partial charge in [-0.3, -0.25) is 0 Å². The van der Waals surface area contributed by atoms with Gasteiger partial charge in [-0.2, -0.15) is 0 Å². The highest BCUT2D eigenvalue weighted by molar-refractivity contribution is 4.64. The molecule has 0 saturated heterocycles. The first-order chi connectivity index (χ1) is 7.35. The van der Waals surface area contributed by atoms with Crippen LogP contribution in [0.3, 0.4) is 0 Å². The molecule has 0 aromatic carbocycles. The maximum absolute atomic E-state index is 5.77. The van der Waals surface area contributed by atoms with Crippen molar-refractivity contribution in [2.75, 3.05) is 13.2 Å². The lowest BCUT2D eigenvalue weighted by molar-refractivity contribution is 0.00935. The van der Waals surface area contributed by atoms with Crippen molar-refractivity contribution in [2.45, 2.75) is 73.0 Å². The first-order valence-electron chi connectivity index (χ1n) is 6.58. The molecule has 0 aliphatic heterocycles. The molecule has 2 atom stereocenters. The molecule has 0 fully saturated rings. The average molecular weight is 230 g/mol. The molecule has 2 unspecified atom stereocenters. The molecular weight excluding hydrogens is 200 g/mol. The summed E-state index contributed by atoms with van der Waals surface area (Å²) < 4.78 is 11.2. The van der Waals surface area contributed by atoms with Gasteiger partial charge in [0, 0.05) is 13.2 Å². The van der Waals surface area contributed by atoms with E-state index in [1.54, 1.807) is 0 Å². The molecule has 2 nitrogen and oxygen atoms in total. The van der Waals surface area contributed by atoms with Crippen molar-refractivity contribution in [3.63, 3.8) is 0 Å². The SMILES string of the molecule is CCOC(C)CCOC(C)CCC(C)(C)C. The lowest BCUT2D eigenvalue weighted by atomic mass is 9.89. The van der Waals surface area contributed by atoms with E-state index < -0.39 is 0 Å². The van der Waals surface area contributed by atoms with Gasteiger partial charge in [0.1, 0.15) is 0 Å². The molecular formula is C14H30O2. The highest BCUT2D eigenvalue weighted by atomic mass is 16.5. The first kappa shape index (κ1) is 15.9. The van der Waals surface area contributed by atoms with E-state index in [2.05, 4.69) is 34.6 Å². The van der Waals surface area contributed by atoms with Gasteiger partial charge in [0.25, 0.3) is 0 Å². The molecule has 0 N–H and O–H groups in total. The van der Waals surface area contributed by atoms with Crippen molar-refractivity contribution in [1.29, 1.82) is 0 Å². The summed E-state index contributed by atoms with van der Waals surface area (Å²) >= 11 is 0. The third kappa shape index (κ3) is 10.4. The smallest absolute Gasteiger partial charge is 0.0568 e. The monoisotopic (exact) mass is 230 g/mol. The van der Waals surface area contributed by atoms with Crippen LogP contribution in [-0.2, 0) is 9.47 Å². The van der Waals surface area contributed by atoms with Gasteiger partial charge in [-0.1, -0.05) is 20.8 Å². The Morgan fingerprint density at radius 1 is 0.938 bits per heavy atom. The van der Waals surface area contributed by atoms with Crippen LogP contribution in [0.15, 0.2) is 0 Å². The largest absolute Gasteiger partial charge is 0.379 e. The van der Waals surface area contributed by atoms with Crippen LogP contribution in [-0.4, -0.2) is 25.4 Å². The van der Waals surface area contributed by atoms with E-state index in [4.69, 9.17) is 9.47 Å². The van der Waals surface area contributed by atoms with Crippen molar-refractivity contribution < 1.29 is 9.47 Å². The van der Waals surface area contributed by atoms with E-state index >= 15 is 0 Å². The average Bonchev–Trinajstić information content (AvgIpc) is 2.14. The lowest BCUT2D eigenvalue weighted by Crippen LogP contribution is -2.17. The molecule has 0 saturated carbocycles. The van der Waals surface area contributed by atoms with Crippen LogP contribution in [0.1, 0.15) is 60.8 Å². The minimum Gasteiger partial charge on any atom is -0.379 e. The Bertz CT molecular complexity index is 161. The van der Waals surface area contributed by atoms with Gasteiger partial charge in [-0.25, -0.2) is 0 Å². The number of rotatable bonds is 8. The molecule has 0 amide bonds. The minimum absolute atomic E-state index is 0.319. The van der Waals surface area contributed by atoms with E-state index in [0.29, 0.717) is 17.6 Å². The summed E-state index contributed by atoms with van der Waals surface area (Å²) in [5.74, 6) is 0. The number of ether oxygens (including phenoxy) is 2. The van der Waals surface area contributed by atoms with E-state index in [1.165, 1.54) is 6.42 Å². The summed E-state index contributed by atoms with van der Waals surface area (Å²) in [5, 5.41) is 0. The second-order valence-electron chi connectivity index (χ2n) is 5.84.